The molecule has 3 rings (SSSR count). The number of ether oxygens (including phenoxy) is 2. The Morgan fingerprint density at radius 2 is 1.63 bits per heavy atom. The van der Waals surface area contributed by atoms with Crippen molar-refractivity contribution in [1.82, 2.24) is 4.90 Å². The molecule has 2 amide bonds. The van der Waals surface area contributed by atoms with E-state index in [0.29, 0.717) is 29.4 Å². The maximum absolute atomic E-state index is 12.7. The molecule has 3 aromatic rings. The summed E-state index contributed by atoms with van der Waals surface area (Å²) in [5.74, 6) is 0.681. The monoisotopic (exact) mass is 404 g/mol. The summed E-state index contributed by atoms with van der Waals surface area (Å²) in [6, 6.07) is 23.8. The first kappa shape index (κ1) is 20.9. The lowest BCUT2D eigenvalue weighted by molar-refractivity contribution is -0.116. The summed E-state index contributed by atoms with van der Waals surface area (Å²) in [5.41, 5.74) is 2.11. The van der Waals surface area contributed by atoms with E-state index in [-0.39, 0.29) is 18.4 Å². The van der Waals surface area contributed by atoms with Crippen LogP contribution >= 0.6 is 0 Å². The highest BCUT2D eigenvalue weighted by Gasteiger charge is 2.16. The summed E-state index contributed by atoms with van der Waals surface area (Å²) < 4.78 is 10.9. The molecule has 0 heterocycles. The van der Waals surface area contributed by atoms with Gasteiger partial charge in [-0.25, -0.2) is 0 Å². The Bertz CT molecular complexity index is 1000. The summed E-state index contributed by atoms with van der Waals surface area (Å²) in [5, 5.41) is 2.77. The molecule has 0 aliphatic carbocycles. The molecule has 0 saturated heterocycles. The molecule has 6 nitrogen and oxygen atoms in total. The minimum Gasteiger partial charge on any atom is -0.497 e. The molecule has 0 aliphatic rings. The normalized spacial score (nSPS) is 10.2. The SMILES string of the molecule is COc1cccc(NC(=O)CN(C)C(=O)c2cccc(OCc3ccccc3)c2)c1. The highest BCUT2D eigenvalue weighted by Crippen LogP contribution is 2.18. The van der Waals surface area contributed by atoms with E-state index in [1.807, 2.05) is 30.3 Å². The highest BCUT2D eigenvalue weighted by molar-refractivity contribution is 5.99. The number of nitrogens with zero attached hydrogens (tertiary/aromatic N) is 1. The first-order valence-corrected chi connectivity index (χ1v) is 9.51. The van der Waals surface area contributed by atoms with Crippen LogP contribution < -0.4 is 14.8 Å². The third kappa shape index (κ3) is 5.85. The van der Waals surface area contributed by atoms with Gasteiger partial charge in [0.1, 0.15) is 18.1 Å². The molecule has 0 radical (unpaired) electrons. The van der Waals surface area contributed by atoms with Crippen molar-refractivity contribution in [2.45, 2.75) is 6.61 Å². The lowest BCUT2D eigenvalue weighted by atomic mass is 10.2. The van der Waals surface area contributed by atoms with Crippen molar-refractivity contribution < 1.29 is 19.1 Å². The van der Waals surface area contributed by atoms with Crippen LogP contribution in [0, 0.1) is 0 Å². The molecule has 6 heteroatoms. The van der Waals surface area contributed by atoms with Crippen LogP contribution in [-0.2, 0) is 11.4 Å². The summed E-state index contributed by atoms with van der Waals surface area (Å²) in [6.45, 7) is 0.336. The fourth-order valence-electron chi connectivity index (χ4n) is 2.87. The van der Waals surface area contributed by atoms with Crippen LogP contribution in [0.15, 0.2) is 78.9 Å². The molecule has 0 spiro atoms. The number of nitrogens with one attached hydrogen (secondary N) is 1. The molecule has 0 saturated carbocycles. The van der Waals surface area contributed by atoms with Crippen molar-refractivity contribution in [2.75, 3.05) is 26.0 Å². The van der Waals surface area contributed by atoms with E-state index < -0.39 is 0 Å². The second-order valence-corrected chi connectivity index (χ2v) is 6.74. The summed E-state index contributed by atoms with van der Waals surface area (Å²) in [4.78, 5) is 26.4. The zero-order valence-electron chi connectivity index (χ0n) is 17.0. The quantitative estimate of drug-likeness (QED) is 0.617. The smallest absolute Gasteiger partial charge is 0.254 e. The van der Waals surface area contributed by atoms with Gasteiger partial charge >= 0.3 is 0 Å². The Morgan fingerprint density at radius 3 is 2.40 bits per heavy atom. The lowest BCUT2D eigenvalue weighted by Gasteiger charge is -2.17. The molecule has 1 N–H and O–H groups in total. The van der Waals surface area contributed by atoms with Gasteiger partial charge in [0.05, 0.1) is 13.7 Å². The number of amides is 2. The molecular formula is C24H24N2O4. The Kier molecular flexibility index (Phi) is 7.05. The van der Waals surface area contributed by atoms with Crippen LogP contribution in [0.25, 0.3) is 0 Å². The summed E-state index contributed by atoms with van der Waals surface area (Å²) in [6.07, 6.45) is 0. The average Bonchev–Trinajstić information content (AvgIpc) is 2.78. The molecule has 0 aromatic heterocycles. The van der Waals surface area contributed by atoms with Gasteiger partial charge in [-0.2, -0.15) is 0 Å². The summed E-state index contributed by atoms with van der Waals surface area (Å²) >= 11 is 0. The first-order valence-electron chi connectivity index (χ1n) is 9.51. The van der Waals surface area contributed by atoms with Crippen LogP contribution in [0.2, 0.25) is 0 Å². The van der Waals surface area contributed by atoms with Gasteiger partial charge in [-0.15, -0.1) is 0 Å². The maximum Gasteiger partial charge on any atom is 0.254 e. The topological polar surface area (TPSA) is 67.9 Å². The van der Waals surface area contributed by atoms with E-state index in [9.17, 15) is 9.59 Å². The molecule has 3 aromatic carbocycles. The maximum atomic E-state index is 12.7. The van der Waals surface area contributed by atoms with Crippen molar-refractivity contribution in [3.05, 3.63) is 90.0 Å². The van der Waals surface area contributed by atoms with Crippen LogP contribution in [-0.4, -0.2) is 37.4 Å². The molecule has 0 bridgehead atoms. The van der Waals surface area contributed by atoms with Crippen molar-refractivity contribution in [3.63, 3.8) is 0 Å². The number of anilines is 1. The van der Waals surface area contributed by atoms with Crippen molar-refractivity contribution >= 4 is 17.5 Å². The third-order valence-corrected chi connectivity index (χ3v) is 4.41. The van der Waals surface area contributed by atoms with Gasteiger partial charge in [-0.3, -0.25) is 9.59 Å². The Hall–Kier alpha value is -3.80. The van der Waals surface area contributed by atoms with E-state index in [1.54, 1.807) is 62.7 Å². The Labute approximate surface area is 176 Å². The average molecular weight is 404 g/mol. The van der Waals surface area contributed by atoms with Gasteiger partial charge in [0.2, 0.25) is 5.91 Å². The van der Waals surface area contributed by atoms with Crippen LogP contribution in [0.3, 0.4) is 0 Å². The Morgan fingerprint density at radius 1 is 0.900 bits per heavy atom. The number of hydrogen-bond donors (Lipinski definition) is 1. The molecule has 0 unspecified atom stereocenters. The van der Waals surface area contributed by atoms with Crippen molar-refractivity contribution in [2.24, 2.45) is 0 Å². The minimum atomic E-state index is -0.296. The number of carbonyl (C=O) groups excluding carboxylic acids is 2. The standard InChI is InChI=1S/C24H24N2O4/c1-26(16-23(27)25-20-11-7-12-21(15-20)29-2)24(28)19-10-6-13-22(14-19)30-17-18-8-4-3-5-9-18/h3-15H,16-17H2,1-2H3,(H,25,27). The molecular weight excluding hydrogens is 380 g/mol. The van der Waals surface area contributed by atoms with Gasteiger partial charge in [0.25, 0.3) is 5.91 Å². The first-order chi connectivity index (χ1) is 14.5. The lowest BCUT2D eigenvalue weighted by Crippen LogP contribution is -2.34. The molecule has 0 aliphatic heterocycles. The minimum absolute atomic E-state index is 0.0782. The number of hydrogen-bond acceptors (Lipinski definition) is 4. The fourth-order valence-corrected chi connectivity index (χ4v) is 2.87. The fraction of sp³-hybridized carbons (Fsp3) is 0.167. The van der Waals surface area contributed by atoms with E-state index >= 15 is 0 Å². The largest absolute Gasteiger partial charge is 0.497 e. The van der Waals surface area contributed by atoms with Gasteiger partial charge in [-0.1, -0.05) is 42.5 Å². The van der Waals surface area contributed by atoms with Crippen molar-refractivity contribution in [3.8, 4) is 11.5 Å². The van der Waals surface area contributed by atoms with E-state index in [1.165, 1.54) is 4.90 Å². The molecule has 0 atom stereocenters. The van der Waals surface area contributed by atoms with Gasteiger partial charge in [-0.05, 0) is 35.9 Å². The highest BCUT2D eigenvalue weighted by atomic mass is 16.5. The number of carbonyl (C=O) groups is 2. The van der Waals surface area contributed by atoms with Gasteiger partial charge in [0, 0.05) is 24.4 Å². The number of methoxy groups -OCH3 is 1. The zero-order valence-corrected chi connectivity index (χ0v) is 17.0. The Balaban J connectivity index is 1.57. The molecule has 154 valence electrons. The number of rotatable bonds is 8. The van der Waals surface area contributed by atoms with Crippen molar-refractivity contribution in [1.29, 1.82) is 0 Å². The van der Waals surface area contributed by atoms with Crippen LogP contribution in [0.5, 0.6) is 11.5 Å². The second kappa shape index (κ2) is 10.1. The molecule has 30 heavy (non-hydrogen) atoms. The van der Waals surface area contributed by atoms with E-state index in [2.05, 4.69) is 5.32 Å². The number of likely N-dealkylation sites (N-methyl/N-ethyl adjacent to an activating group) is 1. The van der Waals surface area contributed by atoms with E-state index in [0.717, 1.165) is 5.56 Å². The summed E-state index contributed by atoms with van der Waals surface area (Å²) in [7, 11) is 3.15. The predicted octanol–water partition coefficient (Wildman–Crippen LogP) is 3.98. The van der Waals surface area contributed by atoms with Gasteiger partial charge < -0.3 is 19.7 Å². The second-order valence-electron chi connectivity index (χ2n) is 6.74. The predicted molar refractivity (Wildman–Crippen MR) is 116 cm³/mol. The van der Waals surface area contributed by atoms with Crippen LogP contribution in [0.1, 0.15) is 15.9 Å². The van der Waals surface area contributed by atoms with Gasteiger partial charge in [0.15, 0.2) is 0 Å². The van der Waals surface area contributed by atoms with E-state index in [4.69, 9.17) is 9.47 Å². The molecule has 0 fully saturated rings. The zero-order chi connectivity index (χ0) is 21.3. The number of benzene rings is 3. The van der Waals surface area contributed by atoms with Crippen LogP contribution in [0.4, 0.5) is 5.69 Å². The third-order valence-electron chi connectivity index (χ3n) is 4.41.